The van der Waals surface area contributed by atoms with Crippen molar-refractivity contribution >= 4 is 10.0 Å². The lowest BCUT2D eigenvalue weighted by molar-refractivity contribution is 0.288. The summed E-state index contributed by atoms with van der Waals surface area (Å²) in [4.78, 5) is 0.301. The predicted octanol–water partition coefficient (Wildman–Crippen LogP) is 1.52. The number of aryl methyl sites for hydroxylation is 1. The van der Waals surface area contributed by atoms with E-state index in [4.69, 9.17) is 5.73 Å². The third kappa shape index (κ3) is 2.51. The third-order valence-corrected chi connectivity index (χ3v) is 7.04. The van der Waals surface area contributed by atoms with Gasteiger partial charge in [0.25, 0.3) is 0 Å². The summed E-state index contributed by atoms with van der Waals surface area (Å²) in [6.45, 7) is 2.51. The Morgan fingerprint density at radius 2 is 2.00 bits per heavy atom. The van der Waals surface area contributed by atoms with Crippen LogP contribution in [-0.4, -0.2) is 35.5 Å². The van der Waals surface area contributed by atoms with Crippen LogP contribution in [0.25, 0.3) is 0 Å². The van der Waals surface area contributed by atoms with Gasteiger partial charge < -0.3 is 5.73 Å². The average molecular weight is 312 g/mol. The van der Waals surface area contributed by atoms with Crippen LogP contribution in [0.2, 0.25) is 0 Å². The summed E-state index contributed by atoms with van der Waals surface area (Å²) < 4.78 is 27.9. The summed E-state index contributed by atoms with van der Waals surface area (Å²) in [5.74, 6) is 0.524. The first kappa shape index (κ1) is 15.0. The Kier molecular flexibility index (Phi) is 4.07. The van der Waals surface area contributed by atoms with Gasteiger partial charge in [0.05, 0.1) is 11.4 Å². The highest BCUT2D eigenvalue weighted by atomic mass is 32.2. The van der Waals surface area contributed by atoms with E-state index in [0.717, 1.165) is 25.7 Å². The number of nitrogens with one attached hydrogen (secondary N) is 1. The zero-order valence-corrected chi connectivity index (χ0v) is 13.3. The zero-order chi connectivity index (χ0) is 15.0. The summed E-state index contributed by atoms with van der Waals surface area (Å²) in [6.07, 6.45) is 6.71. The SMILES string of the molecule is Cc1[nH]nc(CN)c1S(=O)(=O)N1CCCC1C1CCCC1. The van der Waals surface area contributed by atoms with Crippen LogP contribution < -0.4 is 5.73 Å². The number of nitrogens with zero attached hydrogens (tertiary/aromatic N) is 2. The van der Waals surface area contributed by atoms with Gasteiger partial charge in [0.15, 0.2) is 0 Å². The summed E-state index contributed by atoms with van der Waals surface area (Å²) in [6, 6.07) is 0.164. The molecule has 1 aromatic heterocycles. The van der Waals surface area contributed by atoms with Crippen molar-refractivity contribution in [3.8, 4) is 0 Å². The number of rotatable bonds is 4. The van der Waals surface area contributed by atoms with Crippen LogP contribution in [0.1, 0.15) is 49.9 Å². The van der Waals surface area contributed by atoms with E-state index in [0.29, 0.717) is 28.7 Å². The van der Waals surface area contributed by atoms with Gasteiger partial charge in [-0.05, 0) is 38.5 Å². The van der Waals surface area contributed by atoms with Gasteiger partial charge in [0, 0.05) is 19.1 Å². The van der Waals surface area contributed by atoms with Gasteiger partial charge in [-0.1, -0.05) is 12.8 Å². The van der Waals surface area contributed by atoms with Crippen LogP contribution in [0.5, 0.6) is 0 Å². The normalized spacial score (nSPS) is 25.0. The van der Waals surface area contributed by atoms with E-state index in [-0.39, 0.29) is 12.6 Å². The smallest absolute Gasteiger partial charge is 0.247 e. The van der Waals surface area contributed by atoms with Crippen molar-refractivity contribution in [1.29, 1.82) is 0 Å². The van der Waals surface area contributed by atoms with E-state index >= 15 is 0 Å². The molecule has 1 saturated heterocycles. The predicted molar refractivity (Wildman–Crippen MR) is 80.1 cm³/mol. The fourth-order valence-electron chi connectivity index (χ4n) is 3.94. The molecule has 0 bridgehead atoms. The van der Waals surface area contributed by atoms with Gasteiger partial charge in [-0.3, -0.25) is 5.10 Å². The molecule has 0 amide bonds. The Bertz CT molecular complexity index is 604. The minimum atomic E-state index is -3.50. The molecule has 1 aliphatic heterocycles. The topological polar surface area (TPSA) is 92.1 Å². The monoisotopic (exact) mass is 312 g/mol. The van der Waals surface area contributed by atoms with Gasteiger partial charge >= 0.3 is 0 Å². The Labute approximate surface area is 126 Å². The molecule has 1 saturated carbocycles. The summed E-state index contributed by atoms with van der Waals surface area (Å²) >= 11 is 0. The number of aromatic amines is 1. The first-order valence-electron chi connectivity index (χ1n) is 7.81. The molecule has 0 spiro atoms. The average Bonchev–Trinajstić information content (AvgIpc) is 3.18. The summed E-state index contributed by atoms with van der Waals surface area (Å²) in [5.41, 5.74) is 6.69. The molecule has 0 aromatic carbocycles. The van der Waals surface area contributed by atoms with Crippen molar-refractivity contribution in [2.24, 2.45) is 11.7 Å². The molecule has 118 valence electrons. The Balaban J connectivity index is 1.95. The molecule has 0 radical (unpaired) electrons. The fraction of sp³-hybridized carbons (Fsp3) is 0.786. The van der Waals surface area contributed by atoms with Gasteiger partial charge in [0.2, 0.25) is 10.0 Å². The lowest BCUT2D eigenvalue weighted by Gasteiger charge is -2.28. The van der Waals surface area contributed by atoms with Crippen molar-refractivity contribution in [2.75, 3.05) is 6.54 Å². The first-order chi connectivity index (χ1) is 10.1. The molecule has 1 aliphatic carbocycles. The molecule has 2 aliphatic rings. The van der Waals surface area contributed by atoms with Gasteiger partial charge in [-0.2, -0.15) is 9.40 Å². The Morgan fingerprint density at radius 3 is 2.67 bits per heavy atom. The van der Waals surface area contributed by atoms with E-state index < -0.39 is 10.0 Å². The molecule has 21 heavy (non-hydrogen) atoms. The van der Waals surface area contributed by atoms with Crippen molar-refractivity contribution in [3.05, 3.63) is 11.4 Å². The summed E-state index contributed by atoms with van der Waals surface area (Å²) in [5, 5.41) is 6.80. The third-order valence-electron chi connectivity index (χ3n) is 4.91. The molecule has 7 heteroatoms. The largest absolute Gasteiger partial charge is 0.325 e. The number of hydrogen-bond donors (Lipinski definition) is 2. The molecule has 2 fully saturated rings. The lowest BCUT2D eigenvalue weighted by atomic mass is 9.97. The van der Waals surface area contributed by atoms with Crippen LogP contribution in [0.4, 0.5) is 0 Å². The van der Waals surface area contributed by atoms with Crippen LogP contribution in [-0.2, 0) is 16.6 Å². The van der Waals surface area contributed by atoms with Gasteiger partial charge in [-0.25, -0.2) is 8.42 Å². The highest BCUT2D eigenvalue weighted by Gasteiger charge is 2.42. The van der Waals surface area contributed by atoms with E-state index in [1.807, 2.05) is 0 Å². The lowest BCUT2D eigenvalue weighted by Crippen LogP contribution is -2.39. The number of nitrogens with two attached hydrogens (primary N) is 1. The molecular formula is C14H24N4O2S. The Morgan fingerprint density at radius 1 is 1.29 bits per heavy atom. The van der Waals surface area contributed by atoms with Crippen molar-refractivity contribution in [2.45, 2.75) is 62.9 Å². The molecule has 3 rings (SSSR count). The molecule has 2 heterocycles. The molecule has 1 atom stereocenters. The van der Waals surface area contributed by atoms with Crippen molar-refractivity contribution in [3.63, 3.8) is 0 Å². The second-order valence-electron chi connectivity index (χ2n) is 6.20. The number of sulfonamides is 1. The van der Waals surface area contributed by atoms with Crippen LogP contribution in [0.3, 0.4) is 0 Å². The molecule has 1 aromatic rings. The van der Waals surface area contributed by atoms with Crippen molar-refractivity contribution < 1.29 is 8.42 Å². The van der Waals surface area contributed by atoms with E-state index in [1.54, 1.807) is 11.2 Å². The van der Waals surface area contributed by atoms with E-state index in [2.05, 4.69) is 10.2 Å². The second-order valence-corrected chi connectivity index (χ2v) is 8.03. The van der Waals surface area contributed by atoms with E-state index in [1.165, 1.54) is 12.8 Å². The van der Waals surface area contributed by atoms with Crippen molar-refractivity contribution in [1.82, 2.24) is 14.5 Å². The van der Waals surface area contributed by atoms with E-state index in [9.17, 15) is 8.42 Å². The van der Waals surface area contributed by atoms with Crippen LogP contribution >= 0.6 is 0 Å². The number of H-pyrrole nitrogens is 1. The maximum atomic E-state index is 13.1. The molecule has 1 unspecified atom stereocenters. The summed E-state index contributed by atoms with van der Waals surface area (Å²) in [7, 11) is -3.50. The molecule has 6 nitrogen and oxygen atoms in total. The Hall–Kier alpha value is -0.920. The molecule has 3 N–H and O–H groups in total. The first-order valence-corrected chi connectivity index (χ1v) is 9.25. The molecular weight excluding hydrogens is 288 g/mol. The maximum absolute atomic E-state index is 13.1. The van der Waals surface area contributed by atoms with Gasteiger partial charge in [-0.15, -0.1) is 0 Å². The maximum Gasteiger partial charge on any atom is 0.247 e. The quantitative estimate of drug-likeness (QED) is 0.881. The van der Waals surface area contributed by atoms with Crippen LogP contribution in [0, 0.1) is 12.8 Å². The highest BCUT2D eigenvalue weighted by Crippen LogP contribution is 2.38. The standard InChI is InChI=1S/C14H24N4O2S/c1-10-14(12(9-15)17-16-10)21(19,20)18-8-4-7-13(18)11-5-2-3-6-11/h11,13H,2-9,15H2,1H3,(H,16,17). The zero-order valence-electron chi connectivity index (χ0n) is 12.5. The highest BCUT2D eigenvalue weighted by molar-refractivity contribution is 7.89. The minimum Gasteiger partial charge on any atom is -0.325 e. The number of aromatic nitrogens is 2. The minimum absolute atomic E-state index is 0.140. The second kappa shape index (κ2) is 5.70. The number of hydrogen-bond acceptors (Lipinski definition) is 4. The van der Waals surface area contributed by atoms with Gasteiger partial charge in [0.1, 0.15) is 4.90 Å². The fourth-order valence-corrected chi connectivity index (χ4v) is 6.04. The van der Waals surface area contributed by atoms with Crippen LogP contribution in [0.15, 0.2) is 4.90 Å².